The van der Waals surface area contributed by atoms with Crippen LogP contribution >= 0.6 is 7.26 Å². The van der Waals surface area contributed by atoms with Crippen LogP contribution in [-0.2, 0) is 0 Å². The van der Waals surface area contributed by atoms with Crippen molar-refractivity contribution in [3.63, 3.8) is 0 Å². The summed E-state index contributed by atoms with van der Waals surface area (Å²) in [5.41, 5.74) is 0. The minimum Gasteiger partial charge on any atom is -0.0654 e. The van der Waals surface area contributed by atoms with E-state index in [2.05, 4.69) is 27.7 Å². The van der Waals surface area contributed by atoms with Gasteiger partial charge in [0, 0.05) is 7.26 Å². The van der Waals surface area contributed by atoms with Gasteiger partial charge in [0.05, 0.1) is 24.6 Å². The van der Waals surface area contributed by atoms with Crippen molar-refractivity contribution in [1.29, 1.82) is 0 Å². The Morgan fingerprint density at radius 1 is 0.296 bits per heavy atom. The van der Waals surface area contributed by atoms with Crippen molar-refractivity contribution in [2.75, 3.05) is 24.6 Å². The Kier molecular flexibility index (Phi) is 21.5. The van der Waals surface area contributed by atoms with Crippen LogP contribution in [0.3, 0.4) is 0 Å². The van der Waals surface area contributed by atoms with Gasteiger partial charge in [-0.1, -0.05) is 105 Å². The SMILES string of the molecule is CCCCCCCCCC[P+](CCC)(CCC)CCCCCCCCCC. The van der Waals surface area contributed by atoms with Crippen LogP contribution in [0.1, 0.15) is 143 Å². The Labute approximate surface area is 175 Å². The minimum absolute atomic E-state index is 0.629. The lowest BCUT2D eigenvalue weighted by Gasteiger charge is -2.27. The number of hydrogen-bond donors (Lipinski definition) is 0. The first-order valence-corrected chi connectivity index (χ1v) is 15.6. The third-order valence-corrected chi connectivity index (χ3v) is 11.7. The number of unbranched alkanes of at least 4 members (excludes halogenated alkanes) is 14. The first kappa shape index (κ1) is 27.4. The zero-order valence-corrected chi connectivity index (χ0v) is 20.9. The first-order valence-electron chi connectivity index (χ1n) is 13.1. The fourth-order valence-corrected chi connectivity index (χ4v) is 9.81. The van der Waals surface area contributed by atoms with Gasteiger partial charge in [0.2, 0.25) is 0 Å². The molecule has 0 aliphatic rings. The third-order valence-electron chi connectivity index (χ3n) is 6.37. The van der Waals surface area contributed by atoms with Crippen LogP contribution in [-0.4, -0.2) is 24.6 Å². The highest BCUT2D eigenvalue weighted by molar-refractivity contribution is 7.75. The van der Waals surface area contributed by atoms with Gasteiger partial charge in [0.15, 0.2) is 0 Å². The smallest absolute Gasteiger partial charge is 0.0594 e. The molecule has 0 saturated heterocycles. The Balaban J connectivity index is 4.01. The summed E-state index contributed by atoms with van der Waals surface area (Å²) in [5.74, 6) is 0. The third kappa shape index (κ3) is 17.0. The molecular weight excluding hydrogens is 343 g/mol. The lowest BCUT2D eigenvalue weighted by Crippen LogP contribution is -2.12. The summed E-state index contributed by atoms with van der Waals surface area (Å²) in [6, 6.07) is 0. The maximum absolute atomic E-state index is 2.44. The van der Waals surface area contributed by atoms with Crippen LogP contribution in [0, 0.1) is 0 Å². The highest BCUT2D eigenvalue weighted by Gasteiger charge is 2.33. The van der Waals surface area contributed by atoms with Gasteiger partial charge in [-0.15, -0.1) is 0 Å². The van der Waals surface area contributed by atoms with Gasteiger partial charge < -0.3 is 0 Å². The van der Waals surface area contributed by atoms with Gasteiger partial charge in [-0.3, -0.25) is 0 Å². The quantitative estimate of drug-likeness (QED) is 0.125. The van der Waals surface area contributed by atoms with Crippen LogP contribution in [0.4, 0.5) is 0 Å². The molecule has 0 aliphatic carbocycles. The standard InChI is InChI=1S/C26H56P/c1-5-9-11-13-15-17-19-21-25-27(23-7-3,24-8-4)26-22-20-18-16-14-12-10-6-2/h5-26H2,1-4H3/q+1. The summed E-state index contributed by atoms with van der Waals surface area (Å²) in [4.78, 5) is 0. The maximum atomic E-state index is 2.44. The van der Waals surface area contributed by atoms with E-state index in [1.807, 2.05) is 0 Å². The Bertz CT molecular complexity index is 245. The average molecular weight is 400 g/mol. The van der Waals surface area contributed by atoms with E-state index in [1.165, 1.54) is 103 Å². The van der Waals surface area contributed by atoms with E-state index in [1.54, 1.807) is 37.5 Å². The van der Waals surface area contributed by atoms with Crippen LogP contribution in [0.2, 0.25) is 0 Å². The average Bonchev–Trinajstić information content (AvgIpc) is 2.66. The highest BCUT2D eigenvalue weighted by Crippen LogP contribution is 2.61. The molecule has 0 bridgehead atoms. The Hall–Kier alpha value is 0.430. The monoisotopic (exact) mass is 399 g/mol. The fraction of sp³-hybridized carbons (Fsp3) is 1.00. The normalized spacial score (nSPS) is 12.0. The highest BCUT2D eigenvalue weighted by atomic mass is 31.2. The summed E-state index contributed by atoms with van der Waals surface area (Å²) in [6.07, 6.45) is 32.9. The predicted molar refractivity (Wildman–Crippen MR) is 132 cm³/mol. The fourth-order valence-electron chi connectivity index (χ4n) is 4.78. The van der Waals surface area contributed by atoms with Gasteiger partial charge in [-0.2, -0.15) is 0 Å². The molecule has 164 valence electrons. The molecule has 0 rings (SSSR count). The molecule has 0 N–H and O–H groups in total. The zero-order chi connectivity index (χ0) is 20.1. The molecule has 0 amide bonds. The van der Waals surface area contributed by atoms with Gasteiger partial charge in [0.1, 0.15) is 0 Å². The lowest BCUT2D eigenvalue weighted by atomic mass is 10.1. The van der Waals surface area contributed by atoms with Gasteiger partial charge in [-0.05, 0) is 38.5 Å². The molecule has 27 heavy (non-hydrogen) atoms. The van der Waals surface area contributed by atoms with Crippen LogP contribution in [0.25, 0.3) is 0 Å². The van der Waals surface area contributed by atoms with E-state index >= 15 is 0 Å². The van der Waals surface area contributed by atoms with Crippen molar-refractivity contribution < 1.29 is 0 Å². The molecule has 0 radical (unpaired) electrons. The lowest BCUT2D eigenvalue weighted by molar-refractivity contribution is 0.582. The second-order valence-corrected chi connectivity index (χ2v) is 13.7. The number of hydrogen-bond acceptors (Lipinski definition) is 0. The maximum Gasteiger partial charge on any atom is 0.0594 e. The largest absolute Gasteiger partial charge is 0.0654 e. The molecule has 0 aromatic carbocycles. The molecule has 0 nitrogen and oxygen atoms in total. The predicted octanol–water partition coefficient (Wildman–Crippen LogP) is 10.1. The number of rotatable bonds is 22. The summed E-state index contributed by atoms with van der Waals surface area (Å²) < 4.78 is 0. The second kappa shape index (κ2) is 21.1. The van der Waals surface area contributed by atoms with E-state index in [9.17, 15) is 0 Å². The molecule has 0 aliphatic heterocycles. The van der Waals surface area contributed by atoms with Crippen LogP contribution in [0.15, 0.2) is 0 Å². The van der Waals surface area contributed by atoms with Crippen LogP contribution < -0.4 is 0 Å². The Morgan fingerprint density at radius 3 is 0.889 bits per heavy atom. The second-order valence-electron chi connectivity index (χ2n) is 9.19. The molecule has 0 aromatic heterocycles. The van der Waals surface area contributed by atoms with Crippen LogP contribution in [0.5, 0.6) is 0 Å². The van der Waals surface area contributed by atoms with Crippen molar-refractivity contribution in [3.8, 4) is 0 Å². The summed E-state index contributed by atoms with van der Waals surface area (Å²) in [5, 5.41) is 0. The molecule has 0 fully saturated rings. The van der Waals surface area contributed by atoms with E-state index < -0.39 is 7.26 Å². The van der Waals surface area contributed by atoms with Crippen molar-refractivity contribution in [2.24, 2.45) is 0 Å². The zero-order valence-electron chi connectivity index (χ0n) is 20.0. The summed E-state index contributed by atoms with van der Waals surface area (Å²) >= 11 is 0. The topological polar surface area (TPSA) is 0 Å². The molecule has 0 unspecified atom stereocenters. The van der Waals surface area contributed by atoms with Gasteiger partial charge >= 0.3 is 0 Å². The van der Waals surface area contributed by atoms with Crippen molar-refractivity contribution >= 4 is 7.26 Å². The molecule has 0 aromatic rings. The Morgan fingerprint density at radius 2 is 0.593 bits per heavy atom. The molecule has 1 heteroatoms. The van der Waals surface area contributed by atoms with Crippen molar-refractivity contribution in [2.45, 2.75) is 143 Å². The van der Waals surface area contributed by atoms with Gasteiger partial charge in [-0.25, -0.2) is 0 Å². The molecule has 0 heterocycles. The summed E-state index contributed by atoms with van der Waals surface area (Å²) in [7, 11) is -0.629. The van der Waals surface area contributed by atoms with Crippen molar-refractivity contribution in [3.05, 3.63) is 0 Å². The van der Waals surface area contributed by atoms with E-state index in [0.29, 0.717) is 0 Å². The molecule has 0 atom stereocenters. The first-order chi connectivity index (χ1) is 13.2. The van der Waals surface area contributed by atoms with Crippen molar-refractivity contribution in [1.82, 2.24) is 0 Å². The molecule has 0 spiro atoms. The summed E-state index contributed by atoms with van der Waals surface area (Å²) in [6.45, 7) is 9.51. The van der Waals surface area contributed by atoms with E-state index in [4.69, 9.17) is 0 Å². The van der Waals surface area contributed by atoms with E-state index in [-0.39, 0.29) is 0 Å². The molecule has 0 saturated carbocycles. The molecular formula is C26H56P+. The van der Waals surface area contributed by atoms with E-state index in [0.717, 1.165) is 0 Å². The minimum atomic E-state index is -0.629. The van der Waals surface area contributed by atoms with Gasteiger partial charge in [0.25, 0.3) is 0 Å².